The molecule has 0 bridgehead atoms. The van der Waals surface area contributed by atoms with Gasteiger partial charge in [-0.1, -0.05) is 12.1 Å². The van der Waals surface area contributed by atoms with Gasteiger partial charge < -0.3 is 24.6 Å². The maximum Gasteiger partial charge on any atom is 0.329 e. The largest absolute Gasteiger partial charge is 0.369 e. The molecule has 9 rings (SSSR count). The molecule has 0 radical (unpaired) electrons. The molecular formula is C51H57FN12O6. The molecule has 2 saturated heterocycles. The number of piperazine rings is 1. The number of hydrazone groups is 1. The molecule has 1 unspecified atom stereocenters. The molecule has 2 N–H and O–H groups in total. The van der Waals surface area contributed by atoms with Crippen LogP contribution in [0.2, 0.25) is 0 Å². The minimum absolute atomic E-state index is 0.0762. The molecule has 19 heteroatoms. The SMILES string of the molecule is CCn1c(-c2ccc(N(C)/C=N\N(C)C=O)cc2)cc2ccnc(C(=O)Nc3ccc(F)c(C(=O)N(C)C4CCC(N5CCN(c6ccc7c(c6)n(C)c(=O)n7C6CCC(=O)NC6=O)CC5)CC4)c3)c21. The van der Waals surface area contributed by atoms with Crippen molar-refractivity contribution in [2.45, 2.75) is 70.1 Å². The highest BCUT2D eigenvalue weighted by atomic mass is 19.1. The van der Waals surface area contributed by atoms with Crippen LogP contribution in [0.1, 0.15) is 72.3 Å². The van der Waals surface area contributed by atoms with Crippen molar-refractivity contribution in [3.05, 3.63) is 107 Å². The minimum atomic E-state index is -0.734. The molecule has 3 aromatic carbocycles. The van der Waals surface area contributed by atoms with E-state index < -0.39 is 29.6 Å². The van der Waals surface area contributed by atoms with Crippen LogP contribution in [0.5, 0.6) is 0 Å². The number of nitrogens with one attached hydrogen (secondary N) is 2. The predicted molar refractivity (Wildman–Crippen MR) is 266 cm³/mol. The van der Waals surface area contributed by atoms with Crippen molar-refractivity contribution in [3.63, 3.8) is 0 Å². The van der Waals surface area contributed by atoms with E-state index in [9.17, 15) is 28.8 Å². The molecule has 1 atom stereocenters. The summed E-state index contributed by atoms with van der Waals surface area (Å²) in [5.41, 5.74) is 5.75. The number of hydrogen-bond donors (Lipinski definition) is 2. The van der Waals surface area contributed by atoms with E-state index in [1.165, 1.54) is 27.8 Å². The summed E-state index contributed by atoms with van der Waals surface area (Å²) in [5, 5.41) is 11.3. The number of aromatic nitrogens is 4. The molecule has 6 aromatic rings. The lowest BCUT2D eigenvalue weighted by molar-refractivity contribution is -0.135. The Balaban J connectivity index is 0.811. The van der Waals surface area contributed by atoms with Gasteiger partial charge in [0.15, 0.2) is 5.69 Å². The molecule has 0 spiro atoms. The number of halogens is 1. The number of fused-ring (bicyclic) bond motifs is 2. The number of benzene rings is 3. The second-order valence-corrected chi connectivity index (χ2v) is 18.3. The van der Waals surface area contributed by atoms with Crippen LogP contribution in [0.15, 0.2) is 88.9 Å². The summed E-state index contributed by atoms with van der Waals surface area (Å²) in [4.78, 5) is 89.3. The van der Waals surface area contributed by atoms with Crippen LogP contribution in [0, 0.1) is 5.82 Å². The van der Waals surface area contributed by atoms with E-state index in [0.29, 0.717) is 30.0 Å². The standard InChI is InChI=1S/C51H57FN12O6/c1-6-63-43(32-7-10-35(11-8-32)57(2)30-54-58(3)31-65)27-33-21-22-53-46(47(33)63)49(68)55-34-9-17-40(52)39(28-34)50(69)59(4)36-12-14-37(15-13-36)61-23-25-62(26-24-61)38-16-18-41-44(29-38)60(5)51(70)64(41)42-19-20-45(66)56-48(42)67/h7-11,16-18,21-22,27-31,36-37,42H,6,12-15,19-20,23-26H2,1-5H3,(H,55,68)(H,56,66,67)/b54-30-. The zero-order chi connectivity index (χ0) is 49.4. The van der Waals surface area contributed by atoms with Crippen molar-refractivity contribution in [3.8, 4) is 11.3 Å². The second kappa shape index (κ2) is 19.7. The zero-order valence-electron chi connectivity index (χ0n) is 40.0. The molecule has 5 heterocycles. The van der Waals surface area contributed by atoms with Crippen LogP contribution < -0.4 is 26.1 Å². The number of amides is 5. The zero-order valence-corrected chi connectivity index (χ0v) is 40.0. The van der Waals surface area contributed by atoms with Gasteiger partial charge in [-0.05, 0) is 105 Å². The van der Waals surface area contributed by atoms with Crippen molar-refractivity contribution >= 4 is 75.4 Å². The summed E-state index contributed by atoms with van der Waals surface area (Å²) in [5.74, 6) is -2.39. The summed E-state index contributed by atoms with van der Waals surface area (Å²) in [7, 11) is 6.81. The summed E-state index contributed by atoms with van der Waals surface area (Å²) >= 11 is 0. The van der Waals surface area contributed by atoms with Crippen LogP contribution in [-0.2, 0) is 28.0 Å². The molecule has 70 heavy (non-hydrogen) atoms. The molecule has 1 saturated carbocycles. The molecule has 3 aliphatic rings. The quantitative estimate of drug-likeness (QED) is 0.0499. The number of hydrogen-bond acceptors (Lipinski definition) is 10. The number of imidazole rings is 1. The minimum Gasteiger partial charge on any atom is -0.369 e. The van der Waals surface area contributed by atoms with Crippen molar-refractivity contribution in [2.24, 2.45) is 12.1 Å². The van der Waals surface area contributed by atoms with Gasteiger partial charge in [0.1, 0.15) is 18.2 Å². The average molecular weight is 953 g/mol. The number of carbonyl (C=O) groups excluding carboxylic acids is 5. The van der Waals surface area contributed by atoms with Gasteiger partial charge in [-0.2, -0.15) is 5.10 Å². The third-order valence-electron chi connectivity index (χ3n) is 14.2. The predicted octanol–water partition coefficient (Wildman–Crippen LogP) is 5.42. The number of rotatable bonds is 13. The first-order valence-electron chi connectivity index (χ1n) is 23.7. The van der Waals surface area contributed by atoms with Crippen LogP contribution in [0.4, 0.5) is 21.5 Å². The Bertz CT molecular complexity index is 3090. The van der Waals surface area contributed by atoms with E-state index in [1.807, 2.05) is 73.1 Å². The lowest BCUT2D eigenvalue weighted by Gasteiger charge is -2.43. The molecule has 2 aliphatic heterocycles. The first kappa shape index (κ1) is 47.4. The van der Waals surface area contributed by atoms with Gasteiger partial charge in [-0.15, -0.1) is 0 Å². The second-order valence-electron chi connectivity index (χ2n) is 18.3. The molecule has 1 aliphatic carbocycles. The van der Waals surface area contributed by atoms with Crippen LogP contribution in [-0.4, -0.2) is 129 Å². The highest BCUT2D eigenvalue weighted by molar-refractivity contribution is 6.12. The summed E-state index contributed by atoms with van der Waals surface area (Å²) in [6.07, 6.45) is 7.53. The summed E-state index contributed by atoms with van der Waals surface area (Å²) < 4.78 is 20.5. The van der Waals surface area contributed by atoms with Crippen LogP contribution >= 0.6 is 0 Å². The van der Waals surface area contributed by atoms with E-state index in [2.05, 4.69) is 30.5 Å². The van der Waals surface area contributed by atoms with Crippen LogP contribution in [0.3, 0.4) is 0 Å². The molecule has 3 fully saturated rings. The Labute approximate surface area is 403 Å². The Kier molecular flexibility index (Phi) is 13.4. The fourth-order valence-electron chi connectivity index (χ4n) is 10.3. The smallest absolute Gasteiger partial charge is 0.329 e. The van der Waals surface area contributed by atoms with Gasteiger partial charge in [0.05, 0.1) is 22.1 Å². The van der Waals surface area contributed by atoms with Gasteiger partial charge in [0, 0.05) is 114 Å². The average Bonchev–Trinajstić information content (AvgIpc) is 3.88. The monoisotopic (exact) mass is 952 g/mol. The number of aryl methyl sites for hydroxylation is 2. The van der Waals surface area contributed by atoms with Crippen LogP contribution in [0.25, 0.3) is 33.2 Å². The Morgan fingerprint density at radius 2 is 1.64 bits per heavy atom. The summed E-state index contributed by atoms with van der Waals surface area (Å²) in [6, 6.07) is 21.2. The Hall–Kier alpha value is -7.67. The maximum atomic E-state index is 15.5. The van der Waals surface area contributed by atoms with Gasteiger partial charge in [0.2, 0.25) is 18.2 Å². The highest BCUT2D eigenvalue weighted by Crippen LogP contribution is 2.33. The topological polar surface area (TPSA) is 183 Å². The van der Waals surface area contributed by atoms with Gasteiger partial charge >= 0.3 is 5.69 Å². The van der Waals surface area contributed by atoms with Crippen molar-refractivity contribution in [2.75, 3.05) is 62.4 Å². The third kappa shape index (κ3) is 9.15. The number of pyridine rings is 1. The fourth-order valence-corrected chi connectivity index (χ4v) is 10.3. The number of anilines is 3. The molecule has 18 nitrogen and oxygen atoms in total. The number of imide groups is 1. The fraction of sp³-hybridized carbons (Fsp3) is 0.373. The summed E-state index contributed by atoms with van der Waals surface area (Å²) in [6.45, 7) is 5.83. The van der Waals surface area contributed by atoms with Crippen molar-refractivity contribution < 1.29 is 28.4 Å². The lowest BCUT2D eigenvalue weighted by atomic mass is 9.88. The Morgan fingerprint density at radius 1 is 0.900 bits per heavy atom. The first-order valence-corrected chi connectivity index (χ1v) is 23.7. The molecular weight excluding hydrogens is 896 g/mol. The first-order chi connectivity index (χ1) is 33.7. The Morgan fingerprint density at radius 3 is 2.34 bits per heavy atom. The van der Waals surface area contributed by atoms with Gasteiger partial charge in [0.25, 0.3) is 11.8 Å². The van der Waals surface area contributed by atoms with E-state index in [4.69, 9.17) is 0 Å². The van der Waals surface area contributed by atoms with Crippen molar-refractivity contribution in [1.82, 2.24) is 38.8 Å². The molecule has 5 amide bonds. The van der Waals surface area contributed by atoms with E-state index in [1.54, 1.807) is 48.0 Å². The molecule has 364 valence electrons. The highest BCUT2D eigenvalue weighted by Gasteiger charge is 2.34. The third-order valence-corrected chi connectivity index (χ3v) is 14.2. The van der Waals surface area contributed by atoms with Crippen molar-refractivity contribution in [1.29, 1.82) is 0 Å². The normalized spacial score (nSPS) is 18.9. The number of carbonyl (C=O) groups is 5. The van der Waals surface area contributed by atoms with Gasteiger partial charge in [-0.3, -0.25) is 43.3 Å². The number of piperidine rings is 1. The molecule has 3 aromatic heterocycles. The van der Waals surface area contributed by atoms with Gasteiger partial charge in [-0.25, -0.2) is 19.2 Å². The lowest BCUT2D eigenvalue weighted by Crippen LogP contribution is -2.52. The maximum absolute atomic E-state index is 15.5. The van der Waals surface area contributed by atoms with E-state index >= 15 is 4.39 Å². The van der Waals surface area contributed by atoms with E-state index in [0.717, 1.165) is 85.4 Å². The number of nitrogens with zero attached hydrogens (tertiary/aromatic N) is 10. The van der Waals surface area contributed by atoms with E-state index in [-0.39, 0.29) is 47.4 Å².